The number of benzene rings is 1. The Morgan fingerprint density at radius 1 is 1.24 bits per heavy atom. The Labute approximate surface area is 166 Å². The van der Waals surface area contributed by atoms with Gasteiger partial charge in [0.2, 0.25) is 6.79 Å². The first kappa shape index (κ1) is 20.1. The lowest BCUT2D eigenvalue weighted by atomic mass is 9.84. The van der Waals surface area contributed by atoms with E-state index in [0.717, 1.165) is 50.0 Å². The quantitative estimate of drug-likeness (QED) is 0.401. The fraction of sp³-hybridized carbons (Fsp3) is 0.611. The number of nitrogens with one attached hydrogen (secondary N) is 2. The van der Waals surface area contributed by atoms with E-state index >= 15 is 0 Å². The van der Waals surface area contributed by atoms with Gasteiger partial charge in [0.15, 0.2) is 17.5 Å². The average Bonchev–Trinajstić information content (AvgIpc) is 3.25. The average molecular weight is 461 g/mol. The molecule has 1 saturated heterocycles. The summed E-state index contributed by atoms with van der Waals surface area (Å²) in [6.45, 7) is 7.13. The Kier molecular flexibility index (Phi) is 7.18. The van der Waals surface area contributed by atoms with Crippen LogP contribution < -0.4 is 20.1 Å². The Bertz CT molecular complexity index is 601. The van der Waals surface area contributed by atoms with Gasteiger partial charge in [-0.05, 0) is 30.5 Å². The van der Waals surface area contributed by atoms with Crippen LogP contribution in [0.1, 0.15) is 32.3 Å². The number of hydrogen-bond donors (Lipinski definition) is 2. The summed E-state index contributed by atoms with van der Waals surface area (Å²) in [7, 11) is 1.79. The Morgan fingerprint density at radius 2 is 2.04 bits per heavy atom. The number of rotatable bonds is 5. The number of guanidine groups is 1. The van der Waals surface area contributed by atoms with Crippen LogP contribution in [0.25, 0.3) is 0 Å². The molecule has 1 fully saturated rings. The maximum absolute atomic E-state index is 5.63. The summed E-state index contributed by atoms with van der Waals surface area (Å²) in [4.78, 5) is 4.30. The van der Waals surface area contributed by atoms with Crippen molar-refractivity contribution in [2.75, 3.05) is 33.5 Å². The SMILES string of the molecule is CN=C(NCC1CCCO1)NCC(C)(C)c1ccc2c(c1)OCO2.I. The van der Waals surface area contributed by atoms with E-state index in [1.807, 2.05) is 6.07 Å². The van der Waals surface area contributed by atoms with E-state index in [9.17, 15) is 0 Å². The maximum atomic E-state index is 5.63. The summed E-state index contributed by atoms with van der Waals surface area (Å²) < 4.78 is 16.5. The minimum Gasteiger partial charge on any atom is -0.454 e. The van der Waals surface area contributed by atoms with E-state index in [1.54, 1.807) is 7.05 Å². The molecule has 140 valence electrons. The predicted octanol–water partition coefficient (Wildman–Crippen LogP) is 2.65. The first-order valence-corrected chi connectivity index (χ1v) is 8.55. The van der Waals surface area contributed by atoms with Gasteiger partial charge in [-0.15, -0.1) is 24.0 Å². The van der Waals surface area contributed by atoms with Crippen LogP contribution in [0.15, 0.2) is 23.2 Å². The molecule has 0 bridgehead atoms. The van der Waals surface area contributed by atoms with Gasteiger partial charge in [-0.2, -0.15) is 0 Å². The molecule has 0 amide bonds. The third-order valence-corrected chi connectivity index (χ3v) is 4.60. The highest BCUT2D eigenvalue weighted by molar-refractivity contribution is 14.0. The summed E-state index contributed by atoms with van der Waals surface area (Å²) in [6, 6.07) is 6.13. The Balaban J connectivity index is 0.00000225. The lowest BCUT2D eigenvalue weighted by Gasteiger charge is -2.27. The molecule has 2 aliphatic rings. The van der Waals surface area contributed by atoms with Gasteiger partial charge in [-0.1, -0.05) is 19.9 Å². The van der Waals surface area contributed by atoms with Crippen molar-refractivity contribution in [2.45, 2.75) is 38.2 Å². The van der Waals surface area contributed by atoms with Gasteiger partial charge in [0.05, 0.1) is 6.10 Å². The molecule has 2 heterocycles. The first-order chi connectivity index (χ1) is 11.6. The van der Waals surface area contributed by atoms with Gasteiger partial charge in [0.25, 0.3) is 0 Å². The highest BCUT2D eigenvalue weighted by Gasteiger charge is 2.24. The third kappa shape index (κ3) is 5.13. The van der Waals surface area contributed by atoms with E-state index in [1.165, 1.54) is 5.56 Å². The summed E-state index contributed by atoms with van der Waals surface area (Å²) in [5.41, 5.74) is 1.14. The number of ether oxygens (including phenoxy) is 3. The lowest BCUT2D eigenvalue weighted by Crippen LogP contribution is -2.45. The molecule has 1 unspecified atom stereocenters. The van der Waals surface area contributed by atoms with Crippen LogP contribution >= 0.6 is 24.0 Å². The van der Waals surface area contributed by atoms with Crippen molar-refractivity contribution in [3.05, 3.63) is 23.8 Å². The molecule has 1 aromatic carbocycles. The van der Waals surface area contributed by atoms with Crippen LogP contribution in [0, 0.1) is 0 Å². The van der Waals surface area contributed by atoms with Crippen LogP contribution in [-0.4, -0.2) is 45.6 Å². The van der Waals surface area contributed by atoms with E-state index in [2.05, 4.69) is 41.6 Å². The zero-order chi connectivity index (χ0) is 17.0. The van der Waals surface area contributed by atoms with Crippen molar-refractivity contribution >= 4 is 29.9 Å². The fourth-order valence-corrected chi connectivity index (χ4v) is 2.96. The second-order valence-corrected chi connectivity index (χ2v) is 6.89. The second-order valence-electron chi connectivity index (χ2n) is 6.89. The van der Waals surface area contributed by atoms with Crippen LogP contribution in [0.4, 0.5) is 0 Å². The number of halogens is 1. The van der Waals surface area contributed by atoms with Gasteiger partial charge in [-0.3, -0.25) is 4.99 Å². The molecule has 0 spiro atoms. The highest BCUT2D eigenvalue weighted by Crippen LogP contribution is 2.36. The van der Waals surface area contributed by atoms with Crippen molar-refractivity contribution in [2.24, 2.45) is 4.99 Å². The predicted molar refractivity (Wildman–Crippen MR) is 109 cm³/mol. The van der Waals surface area contributed by atoms with Crippen LogP contribution in [0.5, 0.6) is 11.5 Å². The number of aliphatic imine (C=N–C) groups is 1. The standard InChI is InChI=1S/C18H27N3O3.HI/c1-18(2,13-6-7-15-16(9-13)24-12-23-15)11-21-17(19-3)20-10-14-5-4-8-22-14;/h6-7,9,14H,4-5,8,10-12H2,1-3H3,(H2,19,20,21);1H. The molecule has 3 rings (SSSR count). The maximum Gasteiger partial charge on any atom is 0.231 e. The monoisotopic (exact) mass is 461 g/mol. The molecule has 25 heavy (non-hydrogen) atoms. The molecule has 0 aromatic heterocycles. The normalized spacial score (nSPS) is 19.5. The first-order valence-electron chi connectivity index (χ1n) is 8.55. The highest BCUT2D eigenvalue weighted by atomic mass is 127. The van der Waals surface area contributed by atoms with Crippen molar-refractivity contribution < 1.29 is 14.2 Å². The molecule has 7 heteroatoms. The van der Waals surface area contributed by atoms with E-state index < -0.39 is 0 Å². The van der Waals surface area contributed by atoms with Gasteiger partial charge in [0, 0.05) is 32.2 Å². The minimum absolute atomic E-state index is 0. The molecule has 2 aliphatic heterocycles. The van der Waals surface area contributed by atoms with Gasteiger partial charge in [-0.25, -0.2) is 0 Å². The molecule has 6 nitrogen and oxygen atoms in total. The van der Waals surface area contributed by atoms with E-state index in [-0.39, 0.29) is 29.4 Å². The molecule has 2 N–H and O–H groups in total. The van der Waals surface area contributed by atoms with E-state index in [0.29, 0.717) is 12.9 Å². The fourth-order valence-electron chi connectivity index (χ4n) is 2.96. The zero-order valence-electron chi connectivity index (χ0n) is 15.1. The zero-order valence-corrected chi connectivity index (χ0v) is 17.5. The van der Waals surface area contributed by atoms with Crippen molar-refractivity contribution in [3.63, 3.8) is 0 Å². The molecule has 1 atom stereocenters. The van der Waals surface area contributed by atoms with Crippen molar-refractivity contribution in [3.8, 4) is 11.5 Å². The van der Waals surface area contributed by atoms with Crippen LogP contribution in [0.2, 0.25) is 0 Å². The van der Waals surface area contributed by atoms with Gasteiger partial charge in [0.1, 0.15) is 0 Å². The summed E-state index contributed by atoms with van der Waals surface area (Å²) in [5.74, 6) is 2.44. The summed E-state index contributed by atoms with van der Waals surface area (Å²) in [6.07, 6.45) is 2.56. The van der Waals surface area contributed by atoms with Crippen LogP contribution in [-0.2, 0) is 10.2 Å². The minimum atomic E-state index is -0.0670. The molecule has 0 radical (unpaired) electrons. The Hall–Kier alpha value is -1.22. The summed E-state index contributed by atoms with van der Waals surface area (Å²) in [5, 5.41) is 6.76. The third-order valence-electron chi connectivity index (χ3n) is 4.60. The molecular formula is C18H28IN3O3. The molecular weight excluding hydrogens is 433 g/mol. The van der Waals surface area contributed by atoms with Crippen molar-refractivity contribution in [1.82, 2.24) is 10.6 Å². The van der Waals surface area contributed by atoms with Gasteiger partial charge >= 0.3 is 0 Å². The van der Waals surface area contributed by atoms with Crippen LogP contribution in [0.3, 0.4) is 0 Å². The second kappa shape index (κ2) is 8.93. The summed E-state index contributed by atoms with van der Waals surface area (Å²) >= 11 is 0. The topological polar surface area (TPSA) is 64.1 Å². The van der Waals surface area contributed by atoms with Gasteiger partial charge < -0.3 is 24.8 Å². The number of nitrogens with zero attached hydrogens (tertiary/aromatic N) is 1. The molecule has 1 aromatic rings. The van der Waals surface area contributed by atoms with E-state index in [4.69, 9.17) is 14.2 Å². The Morgan fingerprint density at radius 3 is 2.76 bits per heavy atom. The largest absolute Gasteiger partial charge is 0.454 e. The number of fused-ring (bicyclic) bond motifs is 1. The lowest BCUT2D eigenvalue weighted by molar-refractivity contribution is 0.114. The molecule has 0 saturated carbocycles. The molecule has 0 aliphatic carbocycles. The van der Waals surface area contributed by atoms with Crippen molar-refractivity contribution in [1.29, 1.82) is 0 Å². The smallest absolute Gasteiger partial charge is 0.231 e. The number of hydrogen-bond acceptors (Lipinski definition) is 4.